The Hall–Kier alpha value is -2.57. The molecule has 176 valence electrons. The molecule has 1 aromatic heterocycles. The van der Waals surface area contributed by atoms with Gasteiger partial charge in [0.2, 0.25) is 0 Å². The molecule has 0 saturated heterocycles. The Morgan fingerprint density at radius 3 is 2.75 bits per heavy atom. The molecule has 32 heavy (non-hydrogen) atoms. The van der Waals surface area contributed by atoms with Gasteiger partial charge in [-0.1, -0.05) is 30.3 Å². The molecule has 1 aliphatic heterocycles. The van der Waals surface area contributed by atoms with E-state index in [1.54, 1.807) is 0 Å². The Morgan fingerprint density at radius 1 is 1.34 bits per heavy atom. The van der Waals surface area contributed by atoms with Gasteiger partial charge in [-0.25, -0.2) is 4.79 Å². The lowest BCUT2D eigenvalue weighted by atomic mass is 9.98. The molecule has 3 rings (SSSR count). The molecule has 0 aliphatic carbocycles. The zero-order valence-corrected chi connectivity index (χ0v) is 18.3. The van der Waals surface area contributed by atoms with Gasteiger partial charge in [-0.3, -0.25) is 9.28 Å². The summed E-state index contributed by atoms with van der Waals surface area (Å²) in [4.78, 5) is 13.8. The summed E-state index contributed by atoms with van der Waals surface area (Å²) in [7, 11) is -3.72. The molecule has 12 heteroatoms. The minimum Gasteiger partial charge on any atom is -0.445 e. The molecule has 1 amide bonds. The van der Waals surface area contributed by atoms with Gasteiger partial charge < -0.3 is 14.7 Å². The van der Waals surface area contributed by atoms with E-state index in [1.807, 2.05) is 30.3 Å². The number of hydrogen-bond donors (Lipinski definition) is 2. The zero-order chi connectivity index (χ0) is 23.4. The molecule has 2 heterocycles. The lowest BCUT2D eigenvalue weighted by molar-refractivity contribution is -0.0576. The van der Waals surface area contributed by atoms with Crippen LogP contribution >= 0.6 is 0 Å². The van der Waals surface area contributed by atoms with Crippen LogP contribution in [0.5, 0.6) is 0 Å². The number of ether oxygens (including phenoxy) is 1. The zero-order valence-electron chi connectivity index (χ0n) is 17.5. The summed E-state index contributed by atoms with van der Waals surface area (Å²) in [6, 6.07) is 9.09. The number of hydrogen-bond acceptors (Lipinski definition) is 7. The van der Waals surface area contributed by atoms with Crippen molar-refractivity contribution in [1.82, 2.24) is 15.1 Å². The van der Waals surface area contributed by atoms with E-state index in [-0.39, 0.29) is 38.1 Å². The molecule has 0 saturated carbocycles. The third kappa shape index (κ3) is 6.47. The van der Waals surface area contributed by atoms with Crippen LogP contribution in [-0.4, -0.2) is 60.2 Å². The van der Waals surface area contributed by atoms with Crippen LogP contribution in [0, 0.1) is 0 Å². The highest BCUT2D eigenvalue weighted by Crippen LogP contribution is 2.37. The Bertz CT molecular complexity index is 1030. The average Bonchev–Trinajstić information content (AvgIpc) is 3.15. The highest BCUT2D eigenvalue weighted by molar-refractivity contribution is 7.85. The predicted octanol–water partition coefficient (Wildman–Crippen LogP) is 2.31. The summed E-state index contributed by atoms with van der Waals surface area (Å²) in [5.41, 5.74) is 0.957. The first-order chi connectivity index (χ1) is 15.0. The molecule has 2 aromatic rings. The van der Waals surface area contributed by atoms with Gasteiger partial charge in [0.15, 0.2) is 0 Å². The maximum atomic E-state index is 14.9. The first-order valence-electron chi connectivity index (χ1n) is 9.97. The number of halogens is 2. The Labute approximate surface area is 184 Å². The van der Waals surface area contributed by atoms with Crippen LogP contribution in [0.2, 0.25) is 0 Å². The second-order valence-electron chi connectivity index (χ2n) is 7.61. The van der Waals surface area contributed by atoms with E-state index in [9.17, 15) is 27.1 Å². The van der Waals surface area contributed by atoms with Crippen molar-refractivity contribution < 1.29 is 36.0 Å². The van der Waals surface area contributed by atoms with Gasteiger partial charge in [0.05, 0.1) is 31.2 Å². The molecular formula is C20H25F2N3O6S. The number of rotatable bonds is 9. The molecule has 0 bridgehead atoms. The Morgan fingerprint density at radius 2 is 2.06 bits per heavy atom. The van der Waals surface area contributed by atoms with Crippen LogP contribution < -0.4 is 0 Å². The number of aliphatic hydroxyl groups excluding tert-OH is 1. The summed E-state index contributed by atoms with van der Waals surface area (Å²) in [6.07, 6.45) is -2.23. The summed E-state index contributed by atoms with van der Waals surface area (Å²) < 4.78 is 61.4. The number of alkyl halides is 2. The van der Waals surface area contributed by atoms with Crippen molar-refractivity contribution in [3.63, 3.8) is 0 Å². The Kier molecular flexibility index (Phi) is 7.47. The lowest BCUT2D eigenvalue weighted by Crippen LogP contribution is -2.37. The van der Waals surface area contributed by atoms with Gasteiger partial charge in [-0.2, -0.15) is 22.3 Å². The third-order valence-electron chi connectivity index (χ3n) is 4.99. The van der Waals surface area contributed by atoms with E-state index >= 15 is 0 Å². The number of fused-ring (bicyclic) bond motifs is 1. The highest BCUT2D eigenvalue weighted by atomic mass is 32.2. The SMILES string of the molecule is CS(=O)(=O)OCCC(O)CC(F)(F)c1[nH]nc2c1CN(C(=O)OCc1ccccc1)CC2. The first kappa shape index (κ1) is 24.1. The van der Waals surface area contributed by atoms with Crippen LogP contribution in [0.15, 0.2) is 30.3 Å². The number of H-pyrrole nitrogens is 1. The fourth-order valence-corrected chi connectivity index (χ4v) is 3.79. The Balaban J connectivity index is 1.61. The standard InChI is InChI=1S/C20H25F2N3O6S/c1-32(28,29)31-10-8-15(26)11-20(21,22)18-16-12-25(9-7-17(16)23-24-18)19(27)30-13-14-5-3-2-4-6-14/h2-6,15,26H,7-13H2,1H3,(H,23,24). The molecule has 0 spiro atoms. The maximum Gasteiger partial charge on any atom is 0.410 e. The summed E-state index contributed by atoms with van der Waals surface area (Å²) in [5.74, 6) is -3.47. The largest absolute Gasteiger partial charge is 0.445 e. The predicted molar refractivity (Wildman–Crippen MR) is 109 cm³/mol. The molecule has 1 aromatic carbocycles. The van der Waals surface area contributed by atoms with E-state index in [1.165, 1.54) is 4.90 Å². The van der Waals surface area contributed by atoms with Crippen molar-refractivity contribution >= 4 is 16.2 Å². The second kappa shape index (κ2) is 9.92. The maximum absolute atomic E-state index is 14.9. The van der Waals surface area contributed by atoms with Crippen LogP contribution in [0.25, 0.3) is 0 Å². The number of carbonyl (C=O) groups is 1. The third-order valence-corrected chi connectivity index (χ3v) is 5.58. The number of nitrogens with zero attached hydrogens (tertiary/aromatic N) is 2. The van der Waals surface area contributed by atoms with Crippen LogP contribution in [-0.2, 0) is 44.5 Å². The molecule has 0 fully saturated rings. The molecule has 9 nitrogen and oxygen atoms in total. The molecule has 1 atom stereocenters. The van der Waals surface area contributed by atoms with E-state index in [0.717, 1.165) is 11.8 Å². The number of nitrogens with one attached hydrogen (secondary N) is 1. The number of carbonyl (C=O) groups excluding carboxylic acids is 1. The minimum absolute atomic E-state index is 0.0686. The number of benzene rings is 1. The van der Waals surface area contributed by atoms with E-state index in [4.69, 9.17) is 4.74 Å². The van der Waals surface area contributed by atoms with Crippen LogP contribution in [0.4, 0.5) is 13.6 Å². The van der Waals surface area contributed by atoms with E-state index in [0.29, 0.717) is 5.69 Å². The topological polar surface area (TPSA) is 122 Å². The molecule has 1 unspecified atom stereocenters. The van der Waals surface area contributed by atoms with Crippen LogP contribution in [0.1, 0.15) is 35.4 Å². The fraction of sp³-hybridized carbons (Fsp3) is 0.500. The van der Waals surface area contributed by atoms with Crippen molar-refractivity contribution in [2.45, 2.75) is 44.4 Å². The van der Waals surface area contributed by atoms with Crippen molar-refractivity contribution in [2.75, 3.05) is 19.4 Å². The molecular weight excluding hydrogens is 448 g/mol. The summed E-state index contributed by atoms with van der Waals surface area (Å²) in [5, 5.41) is 16.2. The molecule has 1 aliphatic rings. The van der Waals surface area contributed by atoms with Gasteiger partial charge >= 0.3 is 6.09 Å². The normalized spacial score (nSPS) is 15.3. The molecule has 2 N–H and O–H groups in total. The average molecular weight is 473 g/mol. The van der Waals surface area contributed by atoms with Gasteiger partial charge in [0.25, 0.3) is 16.0 Å². The number of amides is 1. The summed E-state index contributed by atoms with van der Waals surface area (Å²) in [6.45, 7) is -0.156. The number of aromatic nitrogens is 2. The van der Waals surface area contributed by atoms with Crippen molar-refractivity contribution in [2.24, 2.45) is 0 Å². The van der Waals surface area contributed by atoms with Gasteiger partial charge in [-0.15, -0.1) is 0 Å². The van der Waals surface area contributed by atoms with E-state index in [2.05, 4.69) is 14.4 Å². The van der Waals surface area contributed by atoms with Gasteiger partial charge in [-0.05, 0) is 12.0 Å². The van der Waals surface area contributed by atoms with E-state index < -0.39 is 47.0 Å². The van der Waals surface area contributed by atoms with Crippen molar-refractivity contribution in [3.05, 3.63) is 52.8 Å². The monoisotopic (exact) mass is 473 g/mol. The fourth-order valence-electron chi connectivity index (χ4n) is 3.40. The molecule has 0 radical (unpaired) electrons. The smallest absolute Gasteiger partial charge is 0.410 e. The van der Waals surface area contributed by atoms with Gasteiger partial charge in [0.1, 0.15) is 12.3 Å². The minimum atomic E-state index is -3.72. The quantitative estimate of drug-likeness (QED) is 0.536. The van der Waals surface area contributed by atoms with Crippen molar-refractivity contribution in [1.29, 1.82) is 0 Å². The first-order valence-corrected chi connectivity index (χ1v) is 11.8. The van der Waals surface area contributed by atoms with Gasteiger partial charge in [0, 0.05) is 24.9 Å². The number of aromatic amines is 1. The second-order valence-corrected chi connectivity index (χ2v) is 9.26. The van der Waals surface area contributed by atoms with Crippen molar-refractivity contribution in [3.8, 4) is 0 Å². The number of aliphatic hydroxyl groups is 1. The summed E-state index contributed by atoms with van der Waals surface area (Å²) >= 11 is 0. The van der Waals surface area contributed by atoms with Crippen LogP contribution in [0.3, 0.4) is 0 Å². The highest BCUT2D eigenvalue weighted by Gasteiger charge is 2.41. The lowest BCUT2D eigenvalue weighted by Gasteiger charge is -2.27.